The molecule has 3 N–H and O–H groups in total. The summed E-state index contributed by atoms with van der Waals surface area (Å²) >= 11 is 0. The second-order valence-electron chi connectivity index (χ2n) is 3.85. The van der Waals surface area contributed by atoms with Crippen molar-refractivity contribution in [2.24, 2.45) is 0 Å². The van der Waals surface area contributed by atoms with Gasteiger partial charge in [-0.1, -0.05) is 6.08 Å². The van der Waals surface area contributed by atoms with Crippen LogP contribution in [0.2, 0.25) is 0 Å². The van der Waals surface area contributed by atoms with Crippen LogP contribution in [-0.4, -0.2) is 32.0 Å². The zero-order chi connectivity index (χ0) is 11.9. The van der Waals surface area contributed by atoms with Crippen LogP contribution in [-0.2, 0) is 0 Å². The highest BCUT2D eigenvalue weighted by Crippen LogP contribution is 2.27. The fourth-order valence-electron chi connectivity index (χ4n) is 1.83. The van der Waals surface area contributed by atoms with Gasteiger partial charge in [-0.15, -0.1) is 0 Å². The van der Waals surface area contributed by atoms with E-state index in [4.69, 9.17) is 0 Å². The van der Waals surface area contributed by atoms with Gasteiger partial charge in [-0.25, -0.2) is 4.79 Å². The van der Waals surface area contributed by atoms with Gasteiger partial charge in [-0.2, -0.15) is 0 Å². The number of nitrogens with one attached hydrogen (secondary N) is 1. The number of aliphatic hydroxyl groups is 2. The predicted molar refractivity (Wildman–Crippen MR) is 56.1 cm³/mol. The van der Waals surface area contributed by atoms with E-state index < -0.39 is 29.5 Å². The van der Waals surface area contributed by atoms with Gasteiger partial charge in [0.1, 0.15) is 12.2 Å². The number of aromatic amines is 1. The van der Waals surface area contributed by atoms with Crippen molar-refractivity contribution >= 4 is 0 Å². The Morgan fingerprint density at radius 1 is 1.38 bits per heavy atom. The molecule has 2 rings (SSSR count). The first-order chi connectivity index (χ1) is 7.50. The summed E-state index contributed by atoms with van der Waals surface area (Å²) in [6.45, 7) is 1.67. The third-order valence-electron chi connectivity index (χ3n) is 2.75. The average molecular weight is 224 g/mol. The van der Waals surface area contributed by atoms with Crippen LogP contribution in [0.15, 0.2) is 33.5 Å². The number of rotatable bonds is 1. The van der Waals surface area contributed by atoms with Crippen molar-refractivity contribution in [2.75, 3.05) is 0 Å². The third kappa shape index (κ3) is 1.62. The fourth-order valence-corrected chi connectivity index (χ4v) is 1.83. The van der Waals surface area contributed by atoms with E-state index in [1.54, 1.807) is 13.0 Å². The van der Waals surface area contributed by atoms with E-state index in [0.717, 1.165) is 0 Å². The maximum absolute atomic E-state index is 11.5. The summed E-state index contributed by atoms with van der Waals surface area (Å²) in [7, 11) is 0. The molecule has 0 bridgehead atoms. The van der Waals surface area contributed by atoms with Gasteiger partial charge < -0.3 is 10.2 Å². The lowest BCUT2D eigenvalue weighted by molar-refractivity contribution is 0.0312. The van der Waals surface area contributed by atoms with Gasteiger partial charge in [0.25, 0.3) is 5.56 Å². The first kappa shape index (κ1) is 10.8. The van der Waals surface area contributed by atoms with E-state index in [0.29, 0.717) is 5.57 Å². The Morgan fingerprint density at radius 3 is 2.56 bits per heavy atom. The first-order valence-electron chi connectivity index (χ1n) is 4.86. The predicted octanol–water partition coefficient (Wildman–Crippen LogP) is -1.24. The Labute approximate surface area is 90.5 Å². The SMILES string of the molecule is CC1=C[C@@H](n2ccc(=O)[nH]c2=O)C(O)[C@H]1O. The Morgan fingerprint density at radius 2 is 2.06 bits per heavy atom. The zero-order valence-electron chi connectivity index (χ0n) is 8.62. The maximum Gasteiger partial charge on any atom is 0.328 e. The molecule has 16 heavy (non-hydrogen) atoms. The van der Waals surface area contributed by atoms with Crippen LogP contribution in [0.3, 0.4) is 0 Å². The summed E-state index contributed by atoms with van der Waals surface area (Å²) in [5.74, 6) is 0. The minimum atomic E-state index is -1.07. The van der Waals surface area contributed by atoms with Crippen LogP contribution in [0.25, 0.3) is 0 Å². The molecular formula is C10H12N2O4. The van der Waals surface area contributed by atoms with Crippen molar-refractivity contribution in [3.8, 4) is 0 Å². The third-order valence-corrected chi connectivity index (χ3v) is 2.75. The monoisotopic (exact) mass is 224 g/mol. The van der Waals surface area contributed by atoms with Crippen LogP contribution < -0.4 is 11.2 Å². The lowest BCUT2D eigenvalue weighted by atomic mass is 10.1. The Hall–Kier alpha value is -1.66. The maximum atomic E-state index is 11.5. The normalized spacial score (nSPS) is 29.2. The number of hydrogen-bond acceptors (Lipinski definition) is 4. The van der Waals surface area contributed by atoms with E-state index >= 15 is 0 Å². The van der Waals surface area contributed by atoms with Crippen molar-refractivity contribution in [1.29, 1.82) is 0 Å². The molecule has 86 valence electrons. The molecule has 0 aliphatic heterocycles. The van der Waals surface area contributed by atoms with Gasteiger partial charge in [0.05, 0.1) is 6.04 Å². The van der Waals surface area contributed by atoms with Crippen LogP contribution >= 0.6 is 0 Å². The number of nitrogens with zero attached hydrogens (tertiary/aromatic N) is 1. The molecule has 0 saturated carbocycles. The fraction of sp³-hybridized carbons (Fsp3) is 0.400. The number of hydrogen-bond donors (Lipinski definition) is 3. The quantitative estimate of drug-likeness (QED) is 0.520. The molecule has 6 nitrogen and oxygen atoms in total. The minimum Gasteiger partial charge on any atom is -0.388 e. The topological polar surface area (TPSA) is 95.3 Å². The molecule has 3 atom stereocenters. The smallest absolute Gasteiger partial charge is 0.328 e. The zero-order valence-corrected chi connectivity index (χ0v) is 8.62. The van der Waals surface area contributed by atoms with Crippen LogP contribution in [0.4, 0.5) is 0 Å². The highest BCUT2D eigenvalue weighted by atomic mass is 16.3. The van der Waals surface area contributed by atoms with E-state index in [-0.39, 0.29) is 0 Å². The molecular weight excluding hydrogens is 212 g/mol. The Balaban J connectivity index is 2.47. The Bertz CT molecular complexity index is 542. The number of H-pyrrole nitrogens is 1. The summed E-state index contributed by atoms with van der Waals surface area (Å²) in [6, 6.07) is 0.557. The van der Waals surface area contributed by atoms with Crippen LogP contribution in [0, 0.1) is 0 Å². The van der Waals surface area contributed by atoms with Crippen molar-refractivity contribution < 1.29 is 10.2 Å². The van der Waals surface area contributed by atoms with Gasteiger partial charge in [0.15, 0.2) is 0 Å². The van der Waals surface area contributed by atoms with Crippen LogP contribution in [0.5, 0.6) is 0 Å². The molecule has 0 saturated heterocycles. The van der Waals surface area contributed by atoms with E-state index in [1.165, 1.54) is 16.8 Å². The first-order valence-corrected chi connectivity index (χ1v) is 4.86. The molecule has 0 fully saturated rings. The molecule has 1 aliphatic rings. The van der Waals surface area contributed by atoms with Crippen LogP contribution in [0.1, 0.15) is 13.0 Å². The van der Waals surface area contributed by atoms with Crippen molar-refractivity contribution in [1.82, 2.24) is 9.55 Å². The van der Waals surface area contributed by atoms with Crippen molar-refractivity contribution in [3.05, 3.63) is 44.8 Å². The number of aliphatic hydroxyl groups excluding tert-OH is 2. The summed E-state index contributed by atoms with van der Waals surface area (Å²) < 4.78 is 1.19. The molecule has 1 aliphatic carbocycles. The largest absolute Gasteiger partial charge is 0.388 e. The molecule has 0 spiro atoms. The standard InChI is InChI=1S/C10H12N2O4/c1-5-4-6(9(15)8(5)14)12-3-2-7(13)11-10(12)16/h2-4,6,8-9,14-15H,1H3,(H,11,13,16)/t6-,8+,9?/m1/s1. The molecule has 0 aromatic carbocycles. The molecule has 6 heteroatoms. The lowest BCUT2D eigenvalue weighted by Crippen LogP contribution is -2.37. The summed E-state index contributed by atoms with van der Waals surface area (Å²) in [5, 5.41) is 19.3. The van der Waals surface area contributed by atoms with Gasteiger partial charge in [0.2, 0.25) is 0 Å². The molecule has 1 aromatic rings. The van der Waals surface area contributed by atoms with E-state index in [2.05, 4.69) is 4.98 Å². The second-order valence-corrected chi connectivity index (χ2v) is 3.85. The Kier molecular flexibility index (Phi) is 2.53. The molecule has 0 radical (unpaired) electrons. The van der Waals surface area contributed by atoms with E-state index in [9.17, 15) is 19.8 Å². The molecule has 1 aromatic heterocycles. The van der Waals surface area contributed by atoms with Gasteiger partial charge in [0, 0.05) is 12.3 Å². The van der Waals surface area contributed by atoms with Gasteiger partial charge in [-0.05, 0) is 12.5 Å². The summed E-state index contributed by atoms with van der Waals surface area (Å²) in [6.07, 6.45) is 0.874. The van der Waals surface area contributed by atoms with Crippen molar-refractivity contribution in [2.45, 2.75) is 25.2 Å². The molecule has 1 unspecified atom stereocenters. The summed E-state index contributed by atoms with van der Waals surface area (Å²) in [4.78, 5) is 24.4. The van der Waals surface area contributed by atoms with E-state index in [1.807, 2.05) is 0 Å². The minimum absolute atomic E-state index is 0.491. The number of aromatic nitrogens is 2. The highest BCUT2D eigenvalue weighted by molar-refractivity contribution is 5.20. The van der Waals surface area contributed by atoms with Gasteiger partial charge >= 0.3 is 5.69 Å². The van der Waals surface area contributed by atoms with Crippen molar-refractivity contribution in [3.63, 3.8) is 0 Å². The second kappa shape index (κ2) is 3.73. The molecule has 0 amide bonds. The molecule has 1 heterocycles. The lowest BCUT2D eigenvalue weighted by Gasteiger charge is -2.18. The van der Waals surface area contributed by atoms with Gasteiger partial charge in [-0.3, -0.25) is 14.3 Å². The summed E-state index contributed by atoms with van der Waals surface area (Å²) in [5.41, 5.74) is -0.486. The average Bonchev–Trinajstić information content (AvgIpc) is 2.46. The highest BCUT2D eigenvalue weighted by Gasteiger charge is 2.33.